The van der Waals surface area contributed by atoms with Crippen LogP contribution in [-0.4, -0.2) is 37.6 Å². The lowest BCUT2D eigenvalue weighted by atomic mass is 10.2. The smallest absolute Gasteiger partial charge is 0.290 e. The number of thiazole rings is 1. The number of methoxy groups -OCH3 is 2. The summed E-state index contributed by atoms with van der Waals surface area (Å²) < 4.78 is 51.6. The first kappa shape index (κ1) is 26.9. The minimum atomic E-state index is -4.10. The molecule has 0 aliphatic rings. The van der Waals surface area contributed by atoms with Gasteiger partial charge in [0.15, 0.2) is 23.1 Å². The lowest BCUT2D eigenvalue weighted by Crippen LogP contribution is -2.15. The Balaban J connectivity index is 1.55. The standard InChI is InChI=1S/C28H24N4O6S2/c1-35-22-13-6-7-14-23(22)38-24-26(32-40(33,34)28-29-15-16-39-28)30-25(31-27(24)36-2)20-11-8-12-21(17-20)37-18-19-9-4-3-5-10-19/h3-17H,18H2,1-2H3,(H,30,31,32). The van der Waals surface area contributed by atoms with Crippen LogP contribution in [0.4, 0.5) is 5.82 Å². The van der Waals surface area contributed by atoms with Gasteiger partial charge in [-0.15, -0.1) is 11.3 Å². The van der Waals surface area contributed by atoms with Crippen molar-refractivity contribution in [3.05, 3.63) is 96.0 Å². The average molecular weight is 577 g/mol. The van der Waals surface area contributed by atoms with Crippen LogP contribution in [0.15, 0.2) is 94.8 Å². The molecule has 0 saturated heterocycles. The average Bonchev–Trinajstić information content (AvgIpc) is 3.54. The van der Waals surface area contributed by atoms with Gasteiger partial charge in [-0.05, 0) is 29.8 Å². The number of hydrogen-bond donors (Lipinski definition) is 1. The first-order valence-electron chi connectivity index (χ1n) is 11.9. The number of benzene rings is 3. The van der Waals surface area contributed by atoms with Gasteiger partial charge in [-0.2, -0.15) is 13.4 Å². The third-order valence-electron chi connectivity index (χ3n) is 5.52. The van der Waals surface area contributed by atoms with Crippen molar-refractivity contribution in [2.45, 2.75) is 10.9 Å². The van der Waals surface area contributed by atoms with E-state index in [1.54, 1.807) is 47.8 Å². The van der Waals surface area contributed by atoms with Gasteiger partial charge in [-0.3, -0.25) is 4.72 Å². The van der Waals surface area contributed by atoms with E-state index in [9.17, 15) is 8.42 Å². The fourth-order valence-electron chi connectivity index (χ4n) is 3.65. The monoisotopic (exact) mass is 576 g/mol. The number of aromatic nitrogens is 3. The molecule has 0 amide bonds. The van der Waals surface area contributed by atoms with Crippen LogP contribution in [0.1, 0.15) is 5.56 Å². The SMILES string of the molecule is COc1ccccc1Oc1c(NS(=O)(=O)c2nccs2)nc(-c2cccc(OCc3ccccc3)c2)nc1OC. The summed E-state index contributed by atoms with van der Waals surface area (Å²) in [5, 5.41) is 1.56. The molecule has 0 saturated carbocycles. The Labute approximate surface area is 235 Å². The van der Waals surface area contributed by atoms with E-state index in [1.165, 1.54) is 20.4 Å². The summed E-state index contributed by atoms with van der Waals surface area (Å²) in [6.07, 6.45) is 1.40. The van der Waals surface area contributed by atoms with E-state index in [0.29, 0.717) is 29.4 Å². The van der Waals surface area contributed by atoms with Crippen molar-refractivity contribution in [1.29, 1.82) is 0 Å². The highest BCUT2D eigenvalue weighted by Gasteiger charge is 2.26. The van der Waals surface area contributed by atoms with E-state index in [1.807, 2.05) is 36.4 Å². The molecule has 2 heterocycles. The highest BCUT2D eigenvalue weighted by molar-refractivity contribution is 7.94. The van der Waals surface area contributed by atoms with Crippen molar-refractivity contribution in [3.63, 3.8) is 0 Å². The van der Waals surface area contributed by atoms with Gasteiger partial charge in [0.05, 0.1) is 14.2 Å². The maximum atomic E-state index is 13.1. The zero-order chi connectivity index (χ0) is 28.0. The molecule has 0 atom stereocenters. The number of nitrogens with zero attached hydrogens (tertiary/aromatic N) is 3. The Morgan fingerprint density at radius 3 is 2.38 bits per heavy atom. The summed E-state index contributed by atoms with van der Waals surface area (Å²) in [4.78, 5) is 13.0. The molecule has 0 aliphatic carbocycles. The molecule has 3 aromatic carbocycles. The second-order valence-electron chi connectivity index (χ2n) is 8.19. The lowest BCUT2D eigenvalue weighted by Gasteiger charge is -2.17. The predicted octanol–water partition coefficient (Wildman–Crippen LogP) is 5.79. The molecule has 204 valence electrons. The maximum Gasteiger partial charge on any atom is 0.290 e. The number of ether oxygens (including phenoxy) is 4. The van der Waals surface area contributed by atoms with Gasteiger partial charge >= 0.3 is 0 Å². The molecule has 5 aromatic rings. The molecule has 1 N–H and O–H groups in total. The Hall–Kier alpha value is -4.68. The second kappa shape index (κ2) is 12.0. The molecule has 0 bridgehead atoms. The summed E-state index contributed by atoms with van der Waals surface area (Å²) >= 11 is 0.968. The van der Waals surface area contributed by atoms with Gasteiger partial charge in [0.25, 0.3) is 15.9 Å². The zero-order valence-corrected chi connectivity index (χ0v) is 23.1. The summed E-state index contributed by atoms with van der Waals surface area (Å²) in [5.41, 5.74) is 1.59. The van der Waals surface area contributed by atoms with Gasteiger partial charge in [0.2, 0.25) is 10.1 Å². The summed E-state index contributed by atoms with van der Waals surface area (Å²) in [6, 6.07) is 23.8. The number of hydrogen-bond acceptors (Lipinski definition) is 10. The van der Waals surface area contributed by atoms with E-state index in [0.717, 1.165) is 16.9 Å². The summed E-state index contributed by atoms with van der Waals surface area (Å²) in [6.45, 7) is 0.374. The first-order valence-corrected chi connectivity index (χ1v) is 14.3. The van der Waals surface area contributed by atoms with E-state index < -0.39 is 10.0 Å². The van der Waals surface area contributed by atoms with Crippen LogP contribution in [0.3, 0.4) is 0 Å². The molecule has 5 rings (SSSR count). The lowest BCUT2D eigenvalue weighted by molar-refractivity contribution is 0.306. The van der Waals surface area contributed by atoms with Crippen molar-refractivity contribution < 1.29 is 27.4 Å². The molecule has 0 spiro atoms. The van der Waals surface area contributed by atoms with E-state index in [2.05, 4.69) is 19.7 Å². The molecule has 0 fully saturated rings. The quantitative estimate of drug-likeness (QED) is 0.208. The third kappa shape index (κ3) is 6.14. The van der Waals surface area contributed by atoms with Gasteiger partial charge < -0.3 is 18.9 Å². The van der Waals surface area contributed by atoms with Crippen LogP contribution in [-0.2, 0) is 16.6 Å². The minimum absolute atomic E-state index is 0.00310. The van der Waals surface area contributed by atoms with Crippen molar-refractivity contribution in [3.8, 4) is 40.3 Å². The maximum absolute atomic E-state index is 13.1. The Morgan fingerprint density at radius 2 is 1.65 bits per heavy atom. The van der Waals surface area contributed by atoms with Gasteiger partial charge in [0.1, 0.15) is 12.4 Å². The van der Waals surface area contributed by atoms with Crippen molar-refractivity contribution in [2.75, 3.05) is 18.9 Å². The number of nitrogens with one attached hydrogen (secondary N) is 1. The van der Waals surface area contributed by atoms with Crippen LogP contribution >= 0.6 is 11.3 Å². The van der Waals surface area contributed by atoms with Gasteiger partial charge in [-0.1, -0.05) is 54.6 Å². The van der Waals surface area contributed by atoms with E-state index in [4.69, 9.17) is 18.9 Å². The van der Waals surface area contributed by atoms with E-state index in [-0.39, 0.29) is 27.6 Å². The van der Waals surface area contributed by atoms with Crippen LogP contribution in [0.5, 0.6) is 28.9 Å². The van der Waals surface area contributed by atoms with Crippen LogP contribution < -0.4 is 23.7 Å². The normalized spacial score (nSPS) is 11.1. The topological polar surface area (TPSA) is 122 Å². The minimum Gasteiger partial charge on any atom is -0.493 e. The van der Waals surface area contributed by atoms with Crippen LogP contribution in [0.25, 0.3) is 11.4 Å². The number of para-hydroxylation sites is 2. The molecule has 0 aliphatic heterocycles. The first-order chi connectivity index (χ1) is 19.5. The highest BCUT2D eigenvalue weighted by Crippen LogP contribution is 2.41. The molecule has 40 heavy (non-hydrogen) atoms. The van der Waals surface area contributed by atoms with Crippen molar-refractivity contribution in [2.24, 2.45) is 0 Å². The van der Waals surface area contributed by atoms with Crippen LogP contribution in [0.2, 0.25) is 0 Å². The van der Waals surface area contributed by atoms with Crippen molar-refractivity contribution >= 4 is 27.2 Å². The summed E-state index contributed by atoms with van der Waals surface area (Å²) in [5.74, 6) is 1.32. The highest BCUT2D eigenvalue weighted by atomic mass is 32.2. The number of sulfonamides is 1. The zero-order valence-electron chi connectivity index (χ0n) is 21.5. The Kier molecular flexibility index (Phi) is 8.08. The third-order valence-corrected chi connectivity index (χ3v) is 8.06. The largest absolute Gasteiger partial charge is 0.493 e. The van der Waals surface area contributed by atoms with Crippen LogP contribution in [0, 0.1) is 0 Å². The fraction of sp³-hybridized carbons (Fsp3) is 0.107. The Morgan fingerprint density at radius 1 is 0.875 bits per heavy atom. The number of rotatable bonds is 11. The molecule has 12 heteroatoms. The predicted molar refractivity (Wildman–Crippen MR) is 151 cm³/mol. The summed E-state index contributed by atoms with van der Waals surface area (Å²) in [7, 11) is -1.20. The fourth-order valence-corrected chi connectivity index (χ4v) is 5.49. The molecule has 0 unspecified atom stereocenters. The van der Waals surface area contributed by atoms with Gasteiger partial charge in [0, 0.05) is 17.1 Å². The van der Waals surface area contributed by atoms with E-state index >= 15 is 0 Å². The molecule has 10 nitrogen and oxygen atoms in total. The second-order valence-corrected chi connectivity index (χ2v) is 10.9. The molecule has 2 aromatic heterocycles. The molecular weight excluding hydrogens is 552 g/mol. The number of anilines is 1. The Bertz CT molecular complexity index is 1700. The van der Waals surface area contributed by atoms with Gasteiger partial charge in [-0.25, -0.2) is 9.97 Å². The molecule has 0 radical (unpaired) electrons. The van der Waals surface area contributed by atoms with Crippen molar-refractivity contribution in [1.82, 2.24) is 15.0 Å². The molecular formula is C28H24N4O6S2.